The predicted octanol–water partition coefficient (Wildman–Crippen LogP) is 3.57. The van der Waals surface area contributed by atoms with Crippen molar-refractivity contribution in [2.45, 2.75) is 17.4 Å². The van der Waals surface area contributed by atoms with Gasteiger partial charge in [-0.15, -0.1) is 10.2 Å². The van der Waals surface area contributed by atoms with Gasteiger partial charge in [0.15, 0.2) is 10.8 Å². The maximum Gasteiger partial charge on any atom is 0.417 e. The molecule has 0 bridgehead atoms. The van der Waals surface area contributed by atoms with Crippen LogP contribution < -0.4 is 0 Å². The van der Waals surface area contributed by atoms with E-state index in [1.165, 1.54) is 10.5 Å². The molecule has 1 aromatic carbocycles. The number of alkyl halides is 3. The second kappa shape index (κ2) is 6.21. The quantitative estimate of drug-likeness (QED) is 0.738. The van der Waals surface area contributed by atoms with Gasteiger partial charge in [-0.3, -0.25) is 4.40 Å². The van der Waals surface area contributed by atoms with Crippen molar-refractivity contribution in [3.05, 3.63) is 59.8 Å². The number of hydrogen-bond acceptors (Lipinski definition) is 4. The molecule has 8 heteroatoms. The van der Waals surface area contributed by atoms with Crippen LogP contribution in [0.25, 0.3) is 5.65 Å². The van der Waals surface area contributed by atoms with Gasteiger partial charge >= 0.3 is 6.18 Å². The maximum absolute atomic E-state index is 12.8. The molecule has 1 N–H and O–H groups in total. The first-order valence-electron chi connectivity index (χ1n) is 6.73. The third-order valence-corrected chi connectivity index (χ3v) is 4.27. The van der Waals surface area contributed by atoms with E-state index in [1.54, 1.807) is 12.1 Å². The van der Waals surface area contributed by atoms with E-state index < -0.39 is 17.8 Å². The number of thioether (sulfide) groups is 1. The van der Waals surface area contributed by atoms with E-state index >= 15 is 0 Å². The van der Waals surface area contributed by atoms with Crippen LogP contribution >= 0.6 is 11.8 Å². The Morgan fingerprint density at radius 2 is 1.83 bits per heavy atom. The van der Waals surface area contributed by atoms with E-state index in [9.17, 15) is 18.3 Å². The molecule has 2 heterocycles. The molecule has 0 fully saturated rings. The highest BCUT2D eigenvalue weighted by atomic mass is 32.2. The summed E-state index contributed by atoms with van der Waals surface area (Å²) >= 11 is 1.15. The van der Waals surface area contributed by atoms with Crippen molar-refractivity contribution in [3.8, 4) is 0 Å². The molecule has 0 spiro atoms. The summed E-state index contributed by atoms with van der Waals surface area (Å²) in [6, 6.07) is 11.3. The number of aliphatic hydroxyl groups is 1. The van der Waals surface area contributed by atoms with Gasteiger partial charge in [-0.1, -0.05) is 42.1 Å². The van der Waals surface area contributed by atoms with Crippen LogP contribution in [0.3, 0.4) is 0 Å². The van der Waals surface area contributed by atoms with Gasteiger partial charge in [0.2, 0.25) is 0 Å². The zero-order valence-electron chi connectivity index (χ0n) is 11.7. The van der Waals surface area contributed by atoms with Crippen LogP contribution in [0, 0.1) is 0 Å². The highest BCUT2D eigenvalue weighted by Crippen LogP contribution is 2.30. The lowest BCUT2D eigenvalue weighted by molar-refractivity contribution is -0.137. The van der Waals surface area contributed by atoms with Crippen molar-refractivity contribution < 1.29 is 18.3 Å². The molecule has 23 heavy (non-hydrogen) atoms. The highest BCUT2D eigenvalue weighted by Gasteiger charge is 2.31. The Morgan fingerprint density at radius 3 is 2.52 bits per heavy atom. The van der Waals surface area contributed by atoms with Crippen LogP contribution in [0.1, 0.15) is 17.2 Å². The van der Waals surface area contributed by atoms with Crippen LogP contribution in [0.2, 0.25) is 0 Å². The van der Waals surface area contributed by atoms with Gasteiger partial charge in [-0.25, -0.2) is 0 Å². The monoisotopic (exact) mass is 339 g/mol. The second-order valence-corrected chi connectivity index (χ2v) is 5.85. The maximum atomic E-state index is 12.8. The molecule has 0 aliphatic heterocycles. The van der Waals surface area contributed by atoms with E-state index in [2.05, 4.69) is 10.2 Å². The molecule has 1 unspecified atom stereocenters. The Morgan fingerprint density at radius 1 is 1.09 bits per heavy atom. The van der Waals surface area contributed by atoms with Gasteiger partial charge < -0.3 is 5.11 Å². The summed E-state index contributed by atoms with van der Waals surface area (Å²) < 4.78 is 39.6. The fraction of sp³-hybridized carbons (Fsp3) is 0.200. The zero-order valence-corrected chi connectivity index (χ0v) is 12.6. The number of rotatable bonds is 4. The molecule has 0 aliphatic rings. The fourth-order valence-electron chi connectivity index (χ4n) is 2.06. The summed E-state index contributed by atoms with van der Waals surface area (Å²) in [6.45, 7) is 0. The first kappa shape index (κ1) is 15.8. The molecule has 0 amide bonds. The lowest BCUT2D eigenvalue weighted by Crippen LogP contribution is -2.06. The topological polar surface area (TPSA) is 50.4 Å². The van der Waals surface area contributed by atoms with Crippen molar-refractivity contribution in [2.75, 3.05) is 5.75 Å². The van der Waals surface area contributed by atoms with E-state index in [4.69, 9.17) is 0 Å². The summed E-state index contributed by atoms with van der Waals surface area (Å²) in [7, 11) is 0. The molecule has 3 aromatic rings. The highest BCUT2D eigenvalue weighted by molar-refractivity contribution is 7.99. The standard InChI is InChI=1S/C15H12F3N3OS/c16-15(17,18)11-6-7-13-19-20-14(21(13)8-11)23-9-12(22)10-4-2-1-3-5-10/h1-8,12,22H,9H2. The van der Waals surface area contributed by atoms with E-state index in [0.717, 1.165) is 29.6 Å². The number of nitrogens with zero attached hydrogens (tertiary/aromatic N) is 3. The number of aliphatic hydroxyl groups excluding tert-OH is 1. The Kier molecular flexibility index (Phi) is 4.27. The second-order valence-electron chi connectivity index (χ2n) is 4.86. The summed E-state index contributed by atoms with van der Waals surface area (Å²) in [5.74, 6) is 0.265. The van der Waals surface area contributed by atoms with Crippen LogP contribution in [0.15, 0.2) is 53.8 Å². The van der Waals surface area contributed by atoms with Crippen molar-refractivity contribution in [1.82, 2.24) is 14.6 Å². The summed E-state index contributed by atoms with van der Waals surface area (Å²) in [6.07, 6.45) is -4.20. The molecule has 4 nitrogen and oxygen atoms in total. The molecule has 2 aromatic heterocycles. The van der Waals surface area contributed by atoms with E-state index in [0.29, 0.717) is 10.8 Å². The predicted molar refractivity (Wildman–Crippen MR) is 80.1 cm³/mol. The first-order valence-corrected chi connectivity index (χ1v) is 7.71. The van der Waals surface area contributed by atoms with Gasteiger partial charge in [-0.2, -0.15) is 13.2 Å². The third-order valence-electron chi connectivity index (χ3n) is 3.25. The average molecular weight is 339 g/mol. The molecule has 120 valence electrons. The lowest BCUT2D eigenvalue weighted by Gasteiger charge is -2.10. The number of hydrogen-bond donors (Lipinski definition) is 1. The zero-order chi connectivity index (χ0) is 16.4. The van der Waals surface area contributed by atoms with Gasteiger partial charge in [-0.05, 0) is 17.7 Å². The Balaban J connectivity index is 1.80. The largest absolute Gasteiger partial charge is 0.417 e. The Bertz CT molecular complexity index is 805. The average Bonchev–Trinajstić information content (AvgIpc) is 2.95. The normalized spacial score (nSPS) is 13.4. The summed E-state index contributed by atoms with van der Waals surface area (Å²) in [4.78, 5) is 0. The van der Waals surface area contributed by atoms with Gasteiger partial charge in [0.05, 0.1) is 11.7 Å². The van der Waals surface area contributed by atoms with Gasteiger partial charge in [0, 0.05) is 11.9 Å². The smallest absolute Gasteiger partial charge is 0.388 e. The third kappa shape index (κ3) is 3.48. The number of aromatic nitrogens is 3. The molecular weight excluding hydrogens is 327 g/mol. The summed E-state index contributed by atoms with van der Waals surface area (Å²) in [5, 5.41) is 18.1. The van der Waals surface area contributed by atoms with E-state index in [1.807, 2.05) is 18.2 Å². The van der Waals surface area contributed by atoms with Crippen LogP contribution in [0.5, 0.6) is 0 Å². The van der Waals surface area contributed by atoms with Gasteiger partial charge in [0.1, 0.15) is 0 Å². The first-order chi connectivity index (χ1) is 10.9. The SMILES string of the molecule is OC(CSc1nnc2ccc(C(F)(F)F)cn12)c1ccccc1. The minimum Gasteiger partial charge on any atom is -0.388 e. The summed E-state index contributed by atoms with van der Waals surface area (Å²) in [5.41, 5.74) is 0.301. The molecule has 0 aliphatic carbocycles. The van der Waals surface area contributed by atoms with Gasteiger partial charge in [0.25, 0.3) is 0 Å². The van der Waals surface area contributed by atoms with Crippen molar-refractivity contribution >= 4 is 17.4 Å². The Labute approximate surface area is 134 Å². The minimum absolute atomic E-state index is 0.265. The van der Waals surface area contributed by atoms with Crippen LogP contribution in [-0.4, -0.2) is 25.5 Å². The molecular formula is C15H12F3N3OS. The van der Waals surface area contributed by atoms with Crippen molar-refractivity contribution in [3.63, 3.8) is 0 Å². The van der Waals surface area contributed by atoms with E-state index in [-0.39, 0.29) is 5.75 Å². The number of pyridine rings is 1. The molecule has 0 radical (unpaired) electrons. The molecule has 3 rings (SSSR count). The number of benzene rings is 1. The molecule has 0 saturated carbocycles. The van der Waals surface area contributed by atoms with Crippen molar-refractivity contribution in [1.29, 1.82) is 0 Å². The van der Waals surface area contributed by atoms with Crippen LogP contribution in [0.4, 0.5) is 13.2 Å². The minimum atomic E-state index is -4.43. The Hall–Kier alpha value is -2.06. The lowest BCUT2D eigenvalue weighted by atomic mass is 10.1. The molecule has 1 atom stereocenters. The fourth-order valence-corrected chi connectivity index (χ4v) is 2.94. The number of halogens is 3. The molecule has 0 saturated heterocycles. The van der Waals surface area contributed by atoms with Crippen LogP contribution in [-0.2, 0) is 6.18 Å². The van der Waals surface area contributed by atoms with Crippen molar-refractivity contribution in [2.24, 2.45) is 0 Å². The number of fused-ring (bicyclic) bond motifs is 1.